The molecule has 1 aliphatic heterocycles. The van der Waals surface area contributed by atoms with Crippen molar-refractivity contribution in [1.82, 2.24) is 9.80 Å². The van der Waals surface area contributed by atoms with E-state index in [-0.39, 0.29) is 17.0 Å². The number of carbonyl (C=O) groups excluding carboxylic acids is 1. The Morgan fingerprint density at radius 1 is 1.50 bits per heavy atom. The van der Waals surface area contributed by atoms with Crippen LogP contribution in [0.25, 0.3) is 0 Å². The number of rotatable bonds is 1. The van der Waals surface area contributed by atoms with Crippen molar-refractivity contribution in [3.8, 4) is 0 Å². The molecule has 3 nitrogen and oxygen atoms in total. The molecule has 14 heavy (non-hydrogen) atoms. The van der Waals surface area contributed by atoms with Gasteiger partial charge in [-0.25, -0.2) is 0 Å². The van der Waals surface area contributed by atoms with E-state index in [9.17, 15) is 4.79 Å². The summed E-state index contributed by atoms with van der Waals surface area (Å²) in [5, 5.41) is 0.112. The zero-order chi connectivity index (χ0) is 10.7. The SMILES string of the molecule is C=C(Cl)C(=O)N1CCCN(C)CC1C. The first-order valence-corrected chi connectivity index (χ1v) is 5.24. The molecule has 0 aliphatic carbocycles. The van der Waals surface area contributed by atoms with E-state index < -0.39 is 0 Å². The number of amides is 1. The van der Waals surface area contributed by atoms with E-state index in [1.165, 1.54) is 0 Å². The lowest BCUT2D eigenvalue weighted by Gasteiger charge is -2.27. The fourth-order valence-electron chi connectivity index (χ4n) is 1.83. The molecule has 1 rings (SSSR count). The third-order valence-corrected chi connectivity index (χ3v) is 2.70. The molecule has 0 radical (unpaired) electrons. The van der Waals surface area contributed by atoms with Gasteiger partial charge in [-0.2, -0.15) is 0 Å². The maximum absolute atomic E-state index is 11.6. The van der Waals surface area contributed by atoms with Crippen LogP contribution in [0, 0.1) is 0 Å². The summed E-state index contributed by atoms with van der Waals surface area (Å²) < 4.78 is 0. The molecule has 0 aromatic heterocycles. The zero-order valence-electron chi connectivity index (χ0n) is 8.79. The van der Waals surface area contributed by atoms with Crippen molar-refractivity contribution in [2.24, 2.45) is 0 Å². The van der Waals surface area contributed by atoms with Gasteiger partial charge in [0.1, 0.15) is 0 Å². The van der Waals surface area contributed by atoms with Gasteiger partial charge in [0.05, 0.1) is 5.03 Å². The van der Waals surface area contributed by atoms with E-state index >= 15 is 0 Å². The summed E-state index contributed by atoms with van der Waals surface area (Å²) in [4.78, 5) is 15.7. The molecule has 0 saturated carbocycles. The van der Waals surface area contributed by atoms with Gasteiger partial charge < -0.3 is 9.80 Å². The van der Waals surface area contributed by atoms with Crippen LogP contribution >= 0.6 is 11.6 Å². The zero-order valence-corrected chi connectivity index (χ0v) is 9.55. The standard InChI is InChI=1S/C10H17ClN2O/c1-8-7-12(3)5-4-6-13(8)10(14)9(2)11/h8H,2,4-7H2,1,3H3. The van der Waals surface area contributed by atoms with Crippen LogP contribution in [0.2, 0.25) is 0 Å². The molecule has 1 heterocycles. The Bertz CT molecular complexity index is 242. The van der Waals surface area contributed by atoms with Crippen molar-refractivity contribution in [2.75, 3.05) is 26.7 Å². The second-order valence-electron chi connectivity index (χ2n) is 3.87. The molecule has 1 atom stereocenters. The van der Waals surface area contributed by atoms with Gasteiger partial charge in [0, 0.05) is 19.1 Å². The highest BCUT2D eigenvalue weighted by Gasteiger charge is 2.24. The number of halogens is 1. The Hall–Kier alpha value is -0.540. The lowest BCUT2D eigenvalue weighted by atomic mass is 10.2. The van der Waals surface area contributed by atoms with E-state index in [0.29, 0.717) is 0 Å². The number of carbonyl (C=O) groups is 1. The smallest absolute Gasteiger partial charge is 0.265 e. The minimum absolute atomic E-state index is 0.112. The maximum atomic E-state index is 11.6. The highest BCUT2D eigenvalue weighted by atomic mass is 35.5. The van der Waals surface area contributed by atoms with E-state index in [1.54, 1.807) is 4.90 Å². The molecule has 1 amide bonds. The molecule has 0 spiro atoms. The molecule has 1 aliphatic rings. The summed E-state index contributed by atoms with van der Waals surface area (Å²) in [7, 11) is 2.07. The summed E-state index contributed by atoms with van der Waals surface area (Å²) in [5.41, 5.74) is 0. The predicted molar refractivity (Wildman–Crippen MR) is 58.3 cm³/mol. The highest BCUT2D eigenvalue weighted by Crippen LogP contribution is 2.13. The van der Waals surface area contributed by atoms with Crippen molar-refractivity contribution >= 4 is 17.5 Å². The molecule has 1 saturated heterocycles. The van der Waals surface area contributed by atoms with Gasteiger partial charge in [0.15, 0.2) is 0 Å². The second-order valence-corrected chi connectivity index (χ2v) is 4.32. The summed E-state index contributed by atoms with van der Waals surface area (Å²) >= 11 is 5.62. The van der Waals surface area contributed by atoms with Gasteiger partial charge in [0.25, 0.3) is 5.91 Å². The van der Waals surface area contributed by atoms with Crippen molar-refractivity contribution in [3.63, 3.8) is 0 Å². The minimum atomic E-state index is -0.130. The fourth-order valence-corrected chi connectivity index (χ4v) is 1.94. The van der Waals surface area contributed by atoms with Gasteiger partial charge in [0.2, 0.25) is 0 Å². The number of likely N-dealkylation sites (N-methyl/N-ethyl adjacent to an activating group) is 1. The Balaban J connectivity index is 2.67. The van der Waals surface area contributed by atoms with Crippen LogP contribution in [0.4, 0.5) is 0 Å². The molecule has 0 bridgehead atoms. The van der Waals surface area contributed by atoms with Crippen molar-refractivity contribution in [2.45, 2.75) is 19.4 Å². The van der Waals surface area contributed by atoms with Gasteiger partial charge in [-0.05, 0) is 26.9 Å². The van der Waals surface area contributed by atoms with Crippen molar-refractivity contribution in [1.29, 1.82) is 0 Å². The second kappa shape index (κ2) is 4.80. The van der Waals surface area contributed by atoms with Gasteiger partial charge in [-0.15, -0.1) is 0 Å². The van der Waals surface area contributed by atoms with Crippen LogP contribution in [0.5, 0.6) is 0 Å². The van der Waals surface area contributed by atoms with Gasteiger partial charge in [-0.3, -0.25) is 4.79 Å². The van der Waals surface area contributed by atoms with E-state index in [4.69, 9.17) is 11.6 Å². The van der Waals surface area contributed by atoms with Crippen LogP contribution < -0.4 is 0 Å². The molecule has 4 heteroatoms. The Morgan fingerprint density at radius 2 is 2.14 bits per heavy atom. The summed E-state index contributed by atoms with van der Waals surface area (Å²) in [6, 6.07) is 0.213. The highest BCUT2D eigenvalue weighted by molar-refractivity contribution is 6.41. The molecule has 0 aromatic rings. The first-order valence-electron chi connectivity index (χ1n) is 4.86. The van der Waals surface area contributed by atoms with E-state index in [0.717, 1.165) is 26.1 Å². The maximum Gasteiger partial charge on any atom is 0.265 e. The molecule has 1 unspecified atom stereocenters. The van der Waals surface area contributed by atoms with Crippen LogP contribution in [-0.4, -0.2) is 48.4 Å². The Morgan fingerprint density at radius 3 is 2.71 bits per heavy atom. The molecule has 80 valence electrons. The summed E-state index contributed by atoms with van der Waals surface area (Å²) in [6.07, 6.45) is 0.997. The Labute approximate surface area is 90.3 Å². The lowest BCUT2D eigenvalue weighted by Crippen LogP contribution is -2.41. The van der Waals surface area contributed by atoms with Crippen LogP contribution in [0.1, 0.15) is 13.3 Å². The molecule has 0 N–H and O–H groups in total. The molecular formula is C10H17ClN2O. The van der Waals surface area contributed by atoms with Crippen molar-refractivity contribution in [3.05, 3.63) is 11.6 Å². The minimum Gasteiger partial charge on any atom is -0.334 e. The van der Waals surface area contributed by atoms with Gasteiger partial charge >= 0.3 is 0 Å². The fraction of sp³-hybridized carbons (Fsp3) is 0.700. The van der Waals surface area contributed by atoms with Crippen LogP contribution in [-0.2, 0) is 4.79 Å². The number of hydrogen-bond acceptors (Lipinski definition) is 2. The first-order chi connectivity index (χ1) is 6.52. The van der Waals surface area contributed by atoms with E-state index in [2.05, 4.69) is 18.5 Å². The monoisotopic (exact) mass is 216 g/mol. The quantitative estimate of drug-likeness (QED) is 0.617. The average Bonchev–Trinajstić information content (AvgIpc) is 2.25. The predicted octanol–water partition coefficient (Wildman–Crippen LogP) is 1.29. The van der Waals surface area contributed by atoms with Crippen LogP contribution in [0.3, 0.4) is 0 Å². The van der Waals surface area contributed by atoms with Gasteiger partial charge in [-0.1, -0.05) is 18.2 Å². The molecule has 0 aromatic carbocycles. The van der Waals surface area contributed by atoms with E-state index in [1.807, 2.05) is 6.92 Å². The third-order valence-electron chi connectivity index (χ3n) is 2.54. The topological polar surface area (TPSA) is 23.6 Å². The normalized spacial score (nSPS) is 24.5. The summed E-state index contributed by atoms with van der Waals surface area (Å²) in [5.74, 6) is -0.130. The lowest BCUT2D eigenvalue weighted by molar-refractivity contribution is -0.128. The average molecular weight is 217 g/mol. The molecular weight excluding hydrogens is 200 g/mol. The third kappa shape index (κ3) is 2.72. The number of hydrogen-bond donors (Lipinski definition) is 0. The molecule has 1 fully saturated rings. The van der Waals surface area contributed by atoms with Crippen LogP contribution in [0.15, 0.2) is 11.6 Å². The first kappa shape index (κ1) is 11.5. The largest absolute Gasteiger partial charge is 0.334 e. The summed E-state index contributed by atoms with van der Waals surface area (Å²) in [6.45, 7) is 8.22. The Kier molecular flexibility index (Phi) is 3.96. The number of nitrogens with zero attached hydrogens (tertiary/aromatic N) is 2. The van der Waals surface area contributed by atoms with Crippen molar-refractivity contribution < 1.29 is 4.79 Å².